The van der Waals surface area contributed by atoms with Crippen molar-refractivity contribution in [3.63, 3.8) is 0 Å². The molecule has 4 nitrogen and oxygen atoms in total. The van der Waals surface area contributed by atoms with Crippen molar-refractivity contribution in [3.05, 3.63) is 66.7 Å². The lowest BCUT2D eigenvalue weighted by molar-refractivity contribution is 0.407. The summed E-state index contributed by atoms with van der Waals surface area (Å²) in [6, 6.07) is 22.6. The van der Waals surface area contributed by atoms with E-state index in [0.29, 0.717) is 10.9 Å². The Bertz CT molecular complexity index is 1460. The number of benzene rings is 4. The molecule has 0 unspecified atom stereocenters. The Hall–Kier alpha value is -3.31. The van der Waals surface area contributed by atoms with Crippen molar-refractivity contribution in [1.29, 1.82) is 0 Å². The van der Waals surface area contributed by atoms with Gasteiger partial charge in [0.1, 0.15) is 5.75 Å². The van der Waals surface area contributed by atoms with Crippen molar-refractivity contribution >= 4 is 61.0 Å². The zero-order valence-corrected chi connectivity index (χ0v) is 17.2. The van der Waals surface area contributed by atoms with Gasteiger partial charge in [-0.1, -0.05) is 48.5 Å². The molecule has 5 aromatic rings. The first-order chi connectivity index (χ1) is 14.8. The molecule has 30 heavy (non-hydrogen) atoms. The summed E-state index contributed by atoms with van der Waals surface area (Å²) >= 11 is 5.48. The highest BCUT2D eigenvalue weighted by molar-refractivity contribution is 7.80. The minimum Gasteiger partial charge on any atom is -0.432 e. The highest BCUT2D eigenvalue weighted by atomic mass is 32.1. The first kappa shape index (κ1) is 17.5. The van der Waals surface area contributed by atoms with Gasteiger partial charge in [-0.05, 0) is 48.0 Å². The van der Waals surface area contributed by atoms with Crippen molar-refractivity contribution in [3.8, 4) is 5.75 Å². The van der Waals surface area contributed by atoms with Crippen LogP contribution < -0.4 is 4.74 Å². The fourth-order valence-electron chi connectivity index (χ4n) is 4.39. The molecule has 0 radical (unpaired) electrons. The van der Waals surface area contributed by atoms with E-state index in [1.165, 1.54) is 23.6 Å². The molecule has 2 heterocycles. The molecule has 0 saturated carbocycles. The number of hydrogen-bond acceptors (Lipinski definition) is 4. The maximum absolute atomic E-state index is 5.97. The van der Waals surface area contributed by atoms with Gasteiger partial charge in [-0.15, -0.1) is 0 Å². The predicted molar refractivity (Wildman–Crippen MR) is 126 cm³/mol. The second-order valence-corrected chi connectivity index (χ2v) is 8.07. The molecular weight excluding hydrogens is 390 g/mol. The van der Waals surface area contributed by atoms with Gasteiger partial charge in [0.15, 0.2) is 0 Å². The van der Waals surface area contributed by atoms with Gasteiger partial charge in [-0.25, -0.2) is 9.97 Å². The lowest BCUT2D eigenvalue weighted by Gasteiger charge is -2.18. The molecular formula is C25H19N3OS. The van der Waals surface area contributed by atoms with Crippen LogP contribution in [0.3, 0.4) is 0 Å². The Balaban J connectivity index is 1.55. The van der Waals surface area contributed by atoms with Crippen LogP contribution in [-0.4, -0.2) is 33.1 Å². The number of likely N-dealkylation sites (tertiary alicyclic amines) is 1. The molecule has 4 aromatic carbocycles. The maximum atomic E-state index is 5.97. The van der Waals surface area contributed by atoms with Crippen molar-refractivity contribution in [1.82, 2.24) is 14.9 Å². The van der Waals surface area contributed by atoms with E-state index in [1.807, 2.05) is 18.2 Å². The van der Waals surface area contributed by atoms with Crippen molar-refractivity contribution in [2.45, 2.75) is 12.8 Å². The van der Waals surface area contributed by atoms with Crippen LogP contribution in [0, 0.1) is 0 Å². The molecule has 6 rings (SSSR count). The molecule has 0 spiro atoms. The number of nitrogens with zero attached hydrogens (tertiary/aromatic N) is 3. The molecule has 1 fully saturated rings. The van der Waals surface area contributed by atoms with Crippen LogP contribution in [0.15, 0.2) is 66.7 Å². The Labute approximate surface area is 179 Å². The van der Waals surface area contributed by atoms with Gasteiger partial charge in [0.25, 0.3) is 5.17 Å². The average Bonchev–Trinajstić information content (AvgIpc) is 3.33. The minimum atomic E-state index is 0.539. The summed E-state index contributed by atoms with van der Waals surface area (Å²) in [7, 11) is 0. The number of aromatic nitrogens is 2. The summed E-state index contributed by atoms with van der Waals surface area (Å²) in [5.74, 6) is 0.707. The second kappa shape index (κ2) is 6.89. The van der Waals surface area contributed by atoms with Crippen LogP contribution in [0.4, 0.5) is 0 Å². The van der Waals surface area contributed by atoms with Gasteiger partial charge < -0.3 is 9.64 Å². The van der Waals surface area contributed by atoms with E-state index in [1.54, 1.807) is 0 Å². The summed E-state index contributed by atoms with van der Waals surface area (Å²) in [6.07, 6.45) is 2.33. The molecule has 1 aromatic heterocycles. The van der Waals surface area contributed by atoms with Gasteiger partial charge in [0, 0.05) is 29.9 Å². The summed E-state index contributed by atoms with van der Waals surface area (Å²) in [6.45, 7) is 1.94. The first-order valence-electron chi connectivity index (χ1n) is 10.3. The van der Waals surface area contributed by atoms with Crippen LogP contribution in [0.5, 0.6) is 5.75 Å². The Morgan fingerprint density at radius 1 is 0.733 bits per heavy atom. The predicted octanol–water partition coefficient (Wildman–Crippen LogP) is 5.85. The van der Waals surface area contributed by atoms with Crippen LogP contribution in [0.2, 0.25) is 0 Å². The highest BCUT2D eigenvalue weighted by Crippen LogP contribution is 2.34. The molecule has 1 aliphatic heterocycles. The van der Waals surface area contributed by atoms with E-state index in [9.17, 15) is 0 Å². The third-order valence-corrected chi connectivity index (χ3v) is 6.20. The molecule has 0 N–H and O–H groups in total. The fourth-order valence-corrected chi connectivity index (χ4v) is 4.67. The molecule has 0 aliphatic carbocycles. The summed E-state index contributed by atoms with van der Waals surface area (Å²) in [4.78, 5) is 12.1. The maximum Gasteiger partial charge on any atom is 0.264 e. The van der Waals surface area contributed by atoms with E-state index in [0.717, 1.165) is 45.9 Å². The number of hydrogen-bond donors (Lipinski definition) is 0. The standard InChI is InChI=1S/C25H19N3OS/c30-25(28-13-5-6-14-28)29-16-11-12-21-22(15-16)27-24-20-10-4-2-8-18(20)17-7-1-3-9-19(17)23(24)26-21/h1-4,7-12,15H,5-6,13-14H2. The quantitative estimate of drug-likeness (QED) is 0.197. The lowest BCUT2D eigenvalue weighted by atomic mass is 9.99. The molecule has 146 valence electrons. The summed E-state index contributed by atoms with van der Waals surface area (Å²) in [5.41, 5.74) is 3.50. The zero-order valence-electron chi connectivity index (χ0n) is 16.3. The number of rotatable bonds is 1. The van der Waals surface area contributed by atoms with Gasteiger partial charge in [-0.2, -0.15) is 0 Å². The monoisotopic (exact) mass is 409 g/mol. The molecule has 1 saturated heterocycles. The van der Waals surface area contributed by atoms with Crippen molar-refractivity contribution in [2.24, 2.45) is 0 Å². The van der Waals surface area contributed by atoms with Gasteiger partial charge >= 0.3 is 0 Å². The third kappa shape index (κ3) is 2.77. The largest absolute Gasteiger partial charge is 0.432 e. The van der Waals surface area contributed by atoms with Gasteiger partial charge in [-0.3, -0.25) is 0 Å². The third-order valence-electron chi connectivity index (χ3n) is 5.86. The van der Waals surface area contributed by atoms with Crippen molar-refractivity contribution in [2.75, 3.05) is 13.1 Å². The summed E-state index contributed by atoms with van der Waals surface area (Å²) < 4.78 is 5.97. The highest BCUT2D eigenvalue weighted by Gasteiger charge is 2.17. The van der Waals surface area contributed by atoms with E-state index in [4.69, 9.17) is 26.9 Å². The number of ether oxygens (including phenoxy) is 1. The molecule has 0 bridgehead atoms. The molecule has 5 heteroatoms. The first-order valence-corrected chi connectivity index (χ1v) is 10.7. The van der Waals surface area contributed by atoms with Crippen molar-refractivity contribution < 1.29 is 4.74 Å². The van der Waals surface area contributed by atoms with Gasteiger partial charge in [0.05, 0.1) is 22.1 Å². The van der Waals surface area contributed by atoms with Gasteiger partial charge in [0.2, 0.25) is 0 Å². The van der Waals surface area contributed by atoms with E-state index >= 15 is 0 Å². The Morgan fingerprint density at radius 2 is 1.30 bits per heavy atom. The average molecular weight is 410 g/mol. The molecule has 0 atom stereocenters. The van der Waals surface area contributed by atoms with E-state index < -0.39 is 0 Å². The lowest BCUT2D eigenvalue weighted by Crippen LogP contribution is -2.30. The SMILES string of the molecule is S=C(Oc1ccc2nc3c4ccccc4c4ccccc4c3nc2c1)N1CCCC1. The van der Waals surface area contributed by atoms with E-state index in [2.05, 4.69) is 53.4 Å². The van der Waals surface area contributed by atoms with Crippen LogP contribution in [-0.2, 0) is 0 Å². The fraction of sp³-hybridized carbons (Fsp3) is 0.160. The second-order valence-electron chi connectivity index (χ2n) is 7.72. The number of thiocarbonyl (C=S) groups is 1. The zero-order chi connectivity index (χ0) is 20.1. The van der Waals surface area contributed by atoms with Crippen LogP contribution >= 0.6 is 12.2 Å². The smallest absolute Gasteiger partial charge is 0.264 e. The Kier molecular flexibility index (Phi) is 4.03. The van der Waals surface area contributed by atoms with Crippen LogP contribution in [0.25, 0.3) is 43.6 Å². The summed E-state index contributed by atoms with van der Waals surface area (Å²) in [5, 5.41) is 5.16. The topological polar surface area (TPSA) is 38.3 Å². The Morgan fingerprint density at radius 3 is 1.93 bits per heavy atom. The molecule has 1 aliphatic rings. The normalized spacial score (nSPS) is 14.2. The molecule has 0 amide bonds. The minimum absolute atomic E-state index is 0.539. The van der Waals surface area contributed by atoms with Crippen LogP contribution in [0.1, 0.15) is 12.8 Å². The van der Waals surface area contributed by atoms with E-state index in [-0.39, 0.29) is 0 Å². The number of fused-ring (bicyclic) bond motifs is 7.